The van der Waals surface area contributed by atoms with Crippen molar-refractivity contribution in [3.05, 3.63) is 66.6 Å². The van der Waals surface area contributed by atoms with Gasteiger partial charge >= 0.3 is 0 Å². The number of nitrogens with one attached hydrogen (secondary N) is 1. The van der Waals surface area contributed by atoms with E-state index in [0.717, 1.165) is 16.6 Å². The molecule has 10 heteroatoms. The largest absolute Gasteiger partial charge is 0.335 e. The SMILES string of the molecule is Cc1cc2ccccc2n1CC(=O)NS(=O)(=O)c1cccc(-n2cnnn2)c1. The van der Waals surface area contributed by atoms with Gasteiger partial charge in [0.25, 0.3) is 15.9 Å². The molecule has 0 saturated carbocycles. The molecular weight excluding hydrogens is 380 g/mol. The van der Waals surface area contributed by atoms with Crippen molar-refractivity contribution in [3.8, 4) is 5.69 Å². The van der Waals surface area contributed by atoms with Crippen molar-refractivity contribution in [3.63, 3.8) is 0 Å². The highest BCUT2D eigenvalue weighted by Crippen LogP contribution is 2.19. The zero-order chi connectivity index (χ0) is 19.7. The average molecular weight is 396 g/mol. The van der Waals surface area contributed by atoms with E-state index in [4.69, 9.17) is 0 Å². The number of para-hydroxylation sites is 1. The number of aryl methyl sites for hydroxylation is 1. The minimum absolute atomic E-state index is 0.0528. The molecule has 0 spiro atoms. The molecule has 4 aromatic rings. The number of fused-ring (bicyclic) bond motifs is 1. The zero-order valence-corrected chi connectivity index (χ0v) is 15.7. The Labute approximate surface area is 160 Å². The first-order valence-corrected chi connectivity index (χ1v) is 9.86. The molecule has 0 saturated heterocycles. The molecule has 1 amide bonds. The molecule has 4 rings (SSSR count). The quantitative estimate of drug-likeness (QED) is 0.546. The van der Waals surface area contributed by atoms with E-state index >= 15 is 0 Å². The van der Waals surface area contributed by atoms with Crippen LogP contribution in [0.3, 0.4) is 0 Å². The van der Waals surface area contributed by atoms with E-state index in [-0.39, 0.29) is 11.4 Å². The summed E-state index contributed by atoms with van der Waals surface area (Å²) in [6, 6.07) is 15.6. The Balaban J connectivity index is 1.57. The number of sulfonamides is 1. The van der Waals surface area contributed by atoms with Crippen molar-refractivity contribution in [2.24, 2.45) is 0 Å². The molecular formula is C18H16N6O3S. The van der Waals surface area contributed by atoms with Crippen LogP contribution in [0.1, 0.15) is 5.69 Å². The molecule has 0 aliphatic carbocycles. The fourth-order valence-electron chi connectivity index (χ4n) is 3.02. The van der Waals surface area contributed by atoms with E-state index in [1.165, 1.54) is 23.1 Å². The monoisotopic (exact) mass is 396 g/mol. The Morgan fingerprint density at radius 3 is 2.71 bits per heavy atom. The highest BCUT2D eigenvalue weighted by molar-refractivity contribution is 7.90. The van der Waals surface area contributed by atoms with Crippen LogP contribution in [0.4, 0.5) is 0 Å². The third kappa shape index (κ3) is 3.37. The van der Waals surface area contributed by atoms with Gasteiger partial charge in [-0.2, -0.15) is 0 Å². The number of benzene rings is 2. The van der Waals surface area contributed by atoms with Crippen LogP contribution in [-0.4, -0.2) is 39.1 Å². The van der Waals surface area contributed by atoms with Crippen molar-refractivity contribution in [2.45, 2.75) is 18.4 Å². The van der Waals surface area contributed by atoms with Gasteiger partial charge < -0.3 is 4.57 Å². The summed E-state index contributed by atoms with van der Waals surface area (Å²) in [7, 11) is -4.04. The highest BCUT2D eigenvalue weighted by atomic mass is 32.2. The fourth-order valence-corrected chi connectivity index (χ4v) is 4.03. The van der Waals surface area contributed by atoms with E-state index < -0.39 is 15.9 Å². The number of amides is 1. The minimum atomic E-state index is -4.04. The lowest BCUT2D eigenvalue weighted by molar-refractivity contribution is -0.119. The molecule has 28 heavy (non-hydrogen) atoms. The summed E-state index contributed by atoms with van der Waals surface area (Å²) in [5.41, 5.74) is 2.20. The van der Waals surface area contributed by atoms with Crippen LogP contribution in [0, 0.1) is 6.92 Å². The maximum Gasteiger partial charge on any atom is 0.264 e. The lowest BCUT2D eigenvalue weighted by Crippen LogP contribution is -2.33. The Bertz CT molecular complexity index is 1260. The lowest BCUT2D eigenvalue weighted by Gasteiger charge is -2.11. The number of hydrogen-bond donors (Lipinski definition) is 1. The molecule has 2 aromatic carbocycles. The number of nitrogens with zero attached hydrogens (tertiary/aromatic N) is 5. The summed E-state index contributed by atoms with van der Waals surface area (Å²) in [5, 5.41) is 11.8. The summed E-state index contributed by atoms with van der Waals surface area (Å²) in [5.74, 6) is -0.628. The maximum atomic E-state index is 12.6. The normalized spacial score (nSPS) is 11.6. The van der Waals surface area contributed by atoms with Crippen LogP contribution < -0.4 is 4.72 Å². The van der Waals surface area contributed by atoms with Gasteiger partial charge in [0.05, 0.1) is 10.6 Å². The fraction of sp³-hybridized carbons (Fsp3) is 0.111. The lowest BCUT2D eigenvalue weighted by atomic mass is 10.2. The van der Waals surface area contributed by atoms with Crippen molar-refractivity contribution >= 4 is 26.8 Å². The van der Waals surface area contributed by atoms with Crippen LogP contribution in [0.15, 0.2) is 65.8 Å². The number of tetrazole rings is 1. The van der Waals surface area contributed by atoms with Gasteiger partial charge in [0.1, 0.15) is 12.9 Å². The summed E-state index contributed by atoms with van der Waals surface area (Å²) in [4.78, 5) is 12.4. The molecule has 0 bridgehead atoms. The van der Waals surface area contributed by atoms with Gasteiger partial charge in [-0.1, -0.05) is 24.3 Å². The van der Waals surface area contributed by atoms with Crippen LogP contribution in [-0.2, 0) is 21.4 Å². The van der Waals surface area contributed by atoms with E-state index in [1.807, 2.05) is 37.3 Å². The Kier molecular flexibility index (Phi) is 4.40. The zero-order valence-electron chi connectivity index (χ0n) is 14.8. The Morgan fingerprint density at radius 2 is 1.93 bits per heavy atom. The number of aromatic nitrogens is 5. The summed E-state index contributed by atoms with van der Waals surface area (Å²) < 4.78 is 30.5. The first-order valence-electron chi connectivity index (χ1n) is 8.38. The third-order valence-electron chi connectivity index (χ3n) is 4.31. The van der Waals surface area contributed by atoms with Gasteiger partial charge in [-0.15, -0.1) is 5.10 Å². The molecule has 0 aliphatic heterocycles. The molecule has 0 radical (unpaired) electrons. The number of rotatable bonds is 5. The number of hydrogen-bond acceptors (Lipinski definition) is 6. The van der Waals surface area contributed by atoms with Gasteiger partial charge in [-0.3, -0.25) is 4.79 Å². The second-order valence-electron chi connectivity index (χ2n) is 6.21. The minimum Gasteiger partial charge on any atom is -0.335 e. The summed E-state index contributed by atoms with van der Waals surface area (Å²) in [6.07, 6.45) is 1.35. The Hall–Kier alpha value is -3.53. The molecule has 2 aromatic heterocycles. The van der Waals surface area contributed by atoms with Crippen molar-refractivity contribution in [1.82, 2.24) is 29.5 Å². The van der Waals surface area contributed by atoms with Gasteiger partial charge in [-0.05, 0) is 53.1 Å². The van der Waals surface area contributed by atoms with Gasteiger partial charge in [0.2, 0.25) is 0 Å². The smallest absolute Gasteiger partial charge is 0.264 e. The summed E-state index contributed by atoms with van der Waals surface area (Å²) >= 11 is 0. The van der Waals surface area contributed by atoms with E-state index in [0.29, 0.717) is 5.69 Å². The second kappa shape index (κ2) is 6.89. The van der Waals surface area contributed by atoms with Crippen LogP contribution in [0.2, 0.25) is 0 Å². The molecule has 1 N–H and O–H groups in total. The van der Waals surface area contributed by atoms with Gasteiger partial charge in [0.15, 0.2) is 0 Å². The molecule has 0 aliphatic rings. The first-order chi connectivity index (χ1) is 13.4. The first kappa shape index (κ1) is 17.9. The van der Waals surface area contributed by atoms with Crippen LogP contribution in [0.5, 0.6) is 0 Å². The van der Waals surface area contributed by atoms with Crippen molar-refractivity contribution < 1.29 is 13.2 Å². The van der Waals surface area contributed by atoms with Crippen molar-refractivity contribution in [1.29, 1.82) is 0 Å². The molecule has 0 atom stereocenters. The third-order valence-corrected chi connectivity index (χ3v) is 5.68. The molecule has 142 valence electrons. The maximum absolute atomic E-state index is 12.6. The molecule has 0 fully saturated rings. The van der Waals surface area contributed by atoms with Crippen molar-refractivity contribution in [2.75, 3.05) is 0 Å². The highest BCUT2D eigenvalue weighted by Gasteiger charge is 2.19. The predicted octanol–water partition coefficient (Wildman–Crippen LogP) is 1.43. The van der Waals surface area contributed by atoms with Crippen LogP contribution >= 0.6 is 0 Å². The second-order valence-corrected chi connectivity index (χ2v) is 7.89. The van der Waals surface area contributed by atoms with Crippen LogP contribution in [0.25, 0.3) is 16.6 Å². The molecule has 9 nitrogen and oxygen atoms in total. The van der Waals surface area contributed by atoms with E-state index in [2.05, 4.69) is 20.2 Å². The standard InChI is InChI=1S/C18H16N6O3S/c1-13-9-14-5-2-3-8-17(14)23(13)11-18(25)20-28(26,27)16-7-4-6-15(10-16)24-12-19-21-22-24/h2-10,12H,11H2,1H3,(H,20,25). The molecule has 2 heterocycles. The Morgan fingerprint density at radius 1 is 1.11 bits per heavy atom. The number of carbonyl (C=O) groups is 1. The topological polar surface area (TPSA) is 112 Å². The molecule has 0 unspecified atom stereocenters. The van der Waals surface area contributed by atoms with Gasteiger partial charge in [-0.25, -0.2) is 17.8 Å². The van der Waals surface area contributed by atoms with E-state index in [9.17, 15) is 13.2 Å². The van der Waals surface area contributed by atoms with Gasteiger partial charge in [0, 0.05) is 11.2 Å². The average Bonchev–Trinajstić information content (AvgIpc) is 3.30. The predicted molar refractivity (Wildman–Crippen MR) is 101 cm³/mol. The number of carbonyl (C=O) groups excluding carboxylic acids is 1. The summed E-state index contributed by atoms with van der Waals surface area (Å²) in [6.45, 7) is 1.77. The van der Waals surface area contributed by atoms with E-state index in [1.54, 1.807) is 16.7 Å².